The Morgan fingerprint density at radius 1 is 0.778 bits per heavy atom. The highest BCUT2D eigenvalue weighted by molar-refractivity contribution is 8.67. The summed E-state index contributed by atoms with van der Waals surface area (Å²) in [6.45, 7) is 14.2. The van der Waals surface area contributed by atoms with Crippen molar-refractivity contribution in [3.05, 3.63) is 0 Å². The van der Waals surface area contributed by atoms with E-state index in [4.69, 9.17) is 0 Å². The van der Waals surface area contributed by atoms with E-state index in [1.54, 1.807) is 0 Å². The second-order valence-electron chi connectivity index (χ2n) is 3.03. The van der Waals surface area contributed by atoms with Crippen molar-refractivity contribution in [2.45, 2.75) is 0 Å². The molecule has 0 rings (SSSR count). The van der Waals surface area contributed by atoms with Crippen LogP contribution < -0.4 is 0 Å². The van der Waals surface area contributed by atoms with Crippen LogP contribution in [0.1, 0.15) is 0 Å². The van der Waals surface area contributed by atoms with Gasteiger partial charge in [-0.25, -0.2) is 0 Å². The van der Waals surface area contributed by atoms with Gasteiger partial charge in [0.2, 0.25) is 0 Å². The molecule has 0 unspecified atom stereocenters. The van der Waals surface area contributed by atoms with Crippen molar-refractivity contribution in [3.8, 4) is 0 Å². The Morgan fingerprint density at radius 3 is 1.00 bits per heavy atom. The molecular formula is C6H18P3+. The summed E-state index contributed by atoms with van der Waals surface area (Å²) in [5.41, 5.74) is 0. The third kappa shape index (κ3) is 2.80. The van der Waals surface area contributed by atoms with Crippen molar-refractivity contribution in [1.29, 1.82) is 0 Å². The first kappa shape index (κ1) is 10.3. The van der Waals surface area contributed by atoms with E-state index in [1.165, 1.54) is 0 Å². The zero-order valence-electron chi connectivity index (χ0n) is 7.34. The normalized spacial score (nSPS) is 13.3. The molecule has 0 heterocycles. The van der Waals surface area contributed by atoms with Gasteiger partial charge in [0.15, 0.2) is 0 Å². The van der Waals surface area contributed by atoms with Gasteiger partial charge in [0.1, 0.15) is 0 Å². The Balaban J connectivity index is 4.01. The monoisotopic (exact) mass is 183 g/mol. The molecule has 0 saturated carbocycles. The van der Waals surface area contributed by atoms with Crippen molar-refractivity contribution in [2.24, 2.45) is 0 Å². The maximum atomic E-state index is 2.50. The molecule has 3 heteroatoms. The molecule has 0 aliphatic rings. The second kappa shape index (κ2) is 3.61. The molecule has 0 aromatic rings. The predicted octanol–water partition coefficient (Wildman–Crippen LogP) is 3.58. The smallest absolute Gasteiger partial charge is 0.00900 e. The first-order valence-electron chi connectivity index (χ1n) is 3.08. The molecule has 0 aromatic heterocycles. The fourth-order valence-electron chi connectivity index (χ4n) is 0.358. The summed E-state index contributed by atoms with van der Waals surface area (Å²) >= 11 is 0. The van der Waals surface area contributed by atoms with Gasteiger partial charge in [-0.05, 0) is 26.7 Å². The minimum Gasteiger partial charge on any atom is -0.00900 e. The van der Waals surface area contributed by atoms with Gasteiger partial charge < -0.3 is 0 Å². The Bertz CT molecular complexity index is 76.3. The number of hydrogen-bond donors (Lipinski definition) is 0. The minimum atomic E-state index is -0.457. The highest BCUT2D eigenvalue weighted by atomic mass is 32.5. The third-order valence-electron chi connectivity index (χ3n) is 1.96. The van der Waals surface area contributed by atoms with Gasteiger partial charge in [0.05, 0.1) is 28.6 Å². The maximum Gasteiger partial charge on any atom is 0.0530 e. The topological polar surface area (TPSA) is 0 Å². The van der Waals surface area contributed by atoms with Crippen LogP contribution in [0.3, 0.4) is 0 Å². The molecule has 0 aromatic carbocycles. The van der Waals surface area contributed by atoms with E-state index >= 15 is 0 Å². The lowest BCUT2D eigenvalue weighted by atomic mass is 11.9. The predicted molar refractivity (Wildman–Crippen MR) is 56.3 cm³/mol. The first-order valence-corrected chi connectivity index (χ1v) is 11.6. The van der Waals surface area contributed by atoms with Crippen LogP contribution in [0.15, 0.2) is 0 Å². The average Bonchev–Trinajstić information content (AvgIpc) is 1.65. The van der Waals surface area contributed by atoms with Crippen molar-refractivity contribution in [2.75, 3.05) is 40.0 Å². The van der Waals surface area contributed by atoms with Gasteiger partial charge in [-0.1, -0.05) is 0 Å². The van der Waals surface area contributed by atoms with Crippen LogP contribution in [0.2, 0.25) is 0 Å². The highest BCUT2D eigenvalue weighted by Gasteiger charge is 2.33. The summed E-state index contributed by atoms with van der Waals surface area (Å²) < 4.78 is 0. The molecule has 0 aliphatic heterocycles. The molecule has 0 fully saturated rings. The van der Waals surface area contributed by atoms with Gasteiger partial charge >= 0.3 is 0 Å². The quantitative estimate of drug-likeness (QED) is 0.574. The molecule has 9 heavy (non-hydrogen) atoms. The Morgan fingerprint density at radius 2 is 1.00 bits per heavy atom. The van der Waals surface area contributed by atoms with Gasteiger partial charge in [-0.2, -0.15) is 0 Å². The Kier molecular flexibility index (Phi) is 4.13. The molecule has 0 saturated heterocycles. The fourth-order valence-corrected chi connectivity index (χ4v) is 9.66. The standard InChI is InChI=1S/C6H18P3/c1-7(2)9(5,6)8(3)4/h1-6H3/q+1. The fraction of sp³-hybridized carbons (Fsp3) is 1.00. The van der Waals surface area contributed by atoms with E-state index in [0.717, 1.165) is 0 Å². The lowest BCUT2D eigenvalue weighted by molar-refractivity contribution is 2.16. The Hall–Kier alpha value is 1.29. The third-order valence-corrected chi connectivity index (χ3v) is 24.1. The number of rotatable bonds is 2. The summed E-state index contributed by atoms with van der Waals surface area (Å²) in [5.74, 6) is 0. The van der Waals surface area contributed by atoms with E-state index in [9.17, 15) is 0 Å². The zero-order valence-corrected chi connectivity index (χ0v) is 10.0. The maximum absolute atomic E-state index is 2.50. The molecule has 56 valence electrons. The van der Waals surface area contributed by atoms with Crippen molar-refractivity contribution in [3.63, 3.8) is 0 Å². The molecule has 0 atom stereocenters. The Labute approximate surface area is 62.4 Å². The SMILES string of the molecule is CP(C)[P+](C)(C)P(C)C. The van der Waals surface area contributed by atoms with Gasteiger partial charge in [-0.15, -0.1) is 0 Å². The number of hydrogen-bond acceptors (Lipinski definition) is 0. The van der Waals surface area contributed by atoms with Crippen molar-refractivity contribution >= 4 is 21.9 Å². The molecule has 0 amide bonds. The van der Waals surface area contributed by atoms with E-state index in [2.05, 4.69) is 40.0 Å². The molecule has 0 nitrogen and oxygen atoms in total. The van der Waals surface area contributed by atoms with Crippen molar-refractivity contribution in [1.82, 2.24) is 0 Å². The summed E-state index contributed by atoms with van der Waals surface area (Å²) in [6, 6.07) is 0. The summed E-state index contributed by atoms with van der Waals surface area (Å²) in [4.78, 5) is 0. The largest absolute Gasteiger partial charge is 0.0530 e. The lowest BCUT2D eigenvalue weighted by Gasteiger charge is -2.25. The van der Waals surface area contributed by atoms with Crippen LogP contribution in [0.5, 0.6) is 0 Å². The van der Waals surface area contributed by atoms with E-state index in [-0.39, 0.29) is 0 Å². The molecular weight excluding hydrogens is 165 g/mol. The van der Waals surface area contributed by atoms with Gasteiger partial charge in [0, 0.05) is 6.64 Å². The zero-order chi connectivity index (χ0) is 7.65. The lowest BCUT2D eigenvalue weighted by Crippen LogP contribution is -1.80. The highest BCUT2D eigenvalue weighted by Crippen LogP contribution is 2.92. The molecule has 0 bridgehead atoms. The van der Waals surface area contributed by atoms with Crippen LogP contribution in [-0.4, -0.2) is 40.0 Å². The summed E-state index contributed by atoms with van der Waals surface area (Å²) in [6.07, 6.45) is 0. The van der Waals surface area contributed by atoms with E-state index in [0.29, 0.717) is 15.2 Å². The van der Waals surface area contributed by atoms with Crippen LogP contribution in [-0.2, 0) is 0 Å². The van der Waals surface area contributed by atoms with Gasteiger partial charge in [0.25, 0.3) is 0 Å². The van der Waals surface area contributed by atoms with Crippen molar-refractivity contribution < 1.29 is 0 Å². The average molecular weight is 183 g/mol. The van der Waals surface area contributed by atoms with Crippen LogP contribution in [0.25, 0.3) is 0 Å². The van der Waals surface area contributed by atoms with Crippen LogP contribution >= 0.6 is 21.9 Å². The molecule has 0 aliphatic carbocycles. The first-order chi connectivity index (χ1) is 3.89. The second-order valence-corrected chi connectivity index (χ2v) is 20.8. The van der Waals surface area contributed by atoms with E-state index in [1.807, 2.05) is 0 Å². The minimum absolute atomic E-state index is 0.357. The molecule has 0 radical (unpaired) electrons. The van der Waals surface area contributed by atoms with Gasteiger partial charge in [-0.3, -0.25) is 0 Å². The summed E-state index contributed by atoms with van der Waals surface area (Å²) in [7, 11) is 0.713. The molecule has 0 N–H and O–H groups in total. The van der Waals surface area contributed by atoms with Crippen LogP contribution in [0.4, 0.5) is 0 Å². The summed E-state index contributed by atoms with van der Waals surface area (Å²) in [5, 5.41) is 0. The van der Waals surface area contributed by atoms with E-state index < -0.39 is 6.64 Å². The van der Waals surface area contributed by atoms with Crippen LogP contribution in [0, 0.1) is 0 Å². The molecule has 0 spiro atoms.